The summed E-state index contributed by atoms with van der Waals surface area (Å²) in [6.07, 6.45) is 6.84. The van der Waals surface area contributed by atoms with Crippen LogP contribution in [0.2, 0.25) is 0 Å². The monoisotopic (exact) mass is 419 g/mol. The van der Waals surface area contributed by atoms with Gasteiger partial charge in [-0.2, -0.15) is 5.26 Å². The van der Waals surface area contributed by atoms with Crippen LogP contribution in [0.5, 0.6) is 5.75 Å². The Balaban J connectivity index is 1.82. The maximum Gasteiger partial charge on any atom is 0.259 e. The van der Waals surface area contributed by atoms with Gasteiger partial charge < -0.3 is 13.7 Å². The van der Waals surface area contributed by atoms with Gasteiger partial charge in [0.1, 0.15) is 12.0 Å². The van der Waals surface area contributed by atoms with Gasteiger partial charge in [-0.15, -0.1) is 11.3 Å². The highest BCUT2D eigenvalue weighted by atomic mass is 32.1. The van der Waals surface area contributed by atoms with E-state index in [9.17, 15) is 4.79 Å². The molecule has 152 valence electrons. The second-order valence-corrected chi connectivity index (χ2v) is 7.99. The van der Waals surface area contributed by atoms with Crippen molar-refractivity contribution in [2.24, 2.45) is 0 Å². The molecule has 4 aromatic rings. The molecule has 4 rings (SSSR count). The first kappa shape index (κ1) is 19.9. The Morgan fingerprint density at radius 2 is 2.07 bits per heavy atom. The van der Waals surface area contributed by atoms with Crippen LogP contribution < -0.4 is 10.3 Å². The number of methoxy groups -OCH3 is 1. The number of para-hydroxylation sites is 1. The van der Waals surface area contributed by atoms with Gasteiger partial charge in [0.15, 0.2) is 0 Å². The SMILES string of the molecule is COc1ccccc1CCc1cn(CCC#N)c(=O)c2c(C)c(-c3ncco3)sc12. The third-order valence-electron chi connectivity index (χ3n) is 5.17. The van der Waals surface area contributed by atoms with Crippen molar-refractivity contribution < 1.29 is 9.15 Å². The van der Waals surface area contributed by atoms with Crippen LogP contribution in [0, 0.1) is 18.3 Å². The van der Waals surface area contributed by atoms with E-state index in [1.165, 1.54) is 17.6 Å². The number of oxazole rings is 1. The molecule has 0 aliphatic rings. The molecular weight excluding hydrogens is 398 g/mol. The van der Waals surface area contributed by atoms with Crippen molar-refractivity contribution >= 4 is 21.4 Å². The van der Waals surface area contributed by atoms with Crippen molar-refractivity contribution in [2.75, 3.05) is 7.11 Å². The van der Waals surface area contributed by atoms with Gasteiger partial charge in [0.05, 0.1) is 36.1 Å². The minimum Gasteiger partial charge on any atom is -0.496 e. The van der Waals surface area contributed by atoms with Gasteiger partial charge in [0.2, 0.25) is 5.89 Å². The summed E-state index contributed by atoms with van der Waals surface area (Å²) in [7, 11) is 1.67. The molecule has 7 heteroatoms. The highest BCUT2D eigenvalue weighted by Crippen LogP contribution is 2.38. The van der Waals surface area contributed by atoms with E-state index in [0.717, 1.165) is 44.9 Å². The van der Waals surface area contributed by atoms with E-state index >= 15 is 0 Å². The number of nitrogens with zero attached hydrogens (tertiary/aromatic N) is 3. The summed E-state index contributed by atoms with van der Waals surface area (Å²) in [6, 6.07) is 10.1. The Kier molecular flexibility index (Phi) is 5.68. The summed E-state index contributed by atoms with van der Waals surface area (Å²) < 4.78 is 13.6. The number of hydrogen-bond donors (Lipinski definition) is 0. The van der Waals surface area contributed by atoms with Gasteiger partial charge in [-0.25, -0.2) is 4.98 Å². The topological polar surface area (TPSA) is 81.0 Å². The first-order valence-electron chi connectivity index (χ1n) is 9.68. The molecule has 0 fully saturated rings. The lowest BCUT2D eigenvalue weighted by atomic mass is 10.0. The van der Waals surface area contributed by atoms with Gasteiger partial charge in [0.25, 0.3) is 5.56 Å². The fourth-order valence-corrected chi connectivity index (χ4v) is 4.95. The number of hydrogen-bond acceptors (Lipinski definition) is 6. The number of rotatable bonds is 7. The van der Waals surface area contributed by atoms with Crippen LogP contribution in [0.4, 0.5) is 0 Å². The standard InChI is InChI=1S/C23H21N3O3S/c1-15-19-21(30-20(15)22-25-11-13-29-22)17(14-26(23(19)27)12-5-10-24)9-8-16-6-3-4-7-18(16)28-2/h3-4,6-7,11,13-14H,5,8-9,12H2,1-2H3. The molecule has 3 aromatic heterocycles. The van der Waals surface area contributed by atoms with Crippen LogP contribution >= 0.6 is 11.3 Å². The molecular formula is C23H21N3O3S. The van der Waals surface area contributed by atoms with Crippen LogP contribution in [0.1, 0.15) is 23.1 Å². The summed E-state index contributed by atoms with van der Waals surface area (Å²) in [6.45, 7) is 2.30. The fourth-order valence-electron chi connectivity index (χ4n) is 3.68. The summed E-state index contributed by atoms with van der Waals surface area (Å²) >= 11 is 1.53. The van der Waals surface area contributed by atoms with Crippen molar-refractivity contribution in [2.45, 2.75) is 32.7 Å². The molecule has 0 radical (unpaired) electrons. The van der Waals surface area contributed by atoms with Gasteiger partial charge in [-0.1, -0.05) is 18.2 Å². The van der Waals surface area contributed by atoms with E-state index < -0.39 is 0 Å². The zero-order valence-corrected chi connectivity index (χ0v) is 17.7. The van der Waals surface area contributed by atoms with Crippen LogP contribution in [0.15, 0.2) is 52.1 Å². The lowest BCUT2D eigenvalue weighted by Gasteiger charge is -2.11. The lowest BCUT2D eigenvalue weighted by Crippen LogP contribution is -2.21. The number of aryl methyl sites for hydroxylation is 4. The maximum atomic E-state index is 13.2. The molecule has 0 saturated heterocycles. The van der Waals surface area contributed by atoms with E-state index in [4.69, 9.17) is 14.4 Å². The molecule has 1 aromatic carbocycles. The zero-order valence-electron chi connectivity index (χ0n) is 16.8. The van der Waals surface area contributed by atoms with Gasteiger partial charge in [-0.3, -0.25) is 4.79 Å². The number of aromatic nitrogens is 2. The first-order valence-corrected chi connectivity index (χ1v) is 10.5. The largest absolute Gasteiger partial charge is 0.496 e. The molecule has 6 nitrogen and oxygen atoms in total. The molecule has 0 atom stereocenters. The summed E-state index contributed by atoms with van der Waals surface area (Å²) in [5, 5.41) is 9.68. The van der Waals surface area contributed by atoms with Gasteiger partial charge in [0, 0.05) is 17.4 Å². The Labute approximate surface area is 178 Å². The van der Waals surface area contributed by atoms with Gasteiger partial charge >= 0.3 is 0 Å². The molecule has 0 bridgehead atoms. The summed E-state index contributed by atoms with van der Waals surface area (Å²) in [5.74, 6) is 1.38. The van der Waals surface area contributed by atoms with E-state index in [0.29, 0.717) is 17.8 Å². The smallest absolute Gasteiger partial charge is 0.259 e. The highest BCUT2D eigenvalue weighted by molar-refractivity contribution is 7.22. The van der Waals surface area contributed by atoms with E-state index in [1.54, 1.807) is 17.9 Å². The van der Waals surface area contributed by atoms with E-state index in [-0.39, 0.29) is 12.0 Å². The second kappa shape index (κ2) is 8.56. The van der Waals surface area contributed by atoms with Crippen LogP contribution in [0.3, 0.4) is 0 Å². The van der Waals surface area contributed by atoms with Crippen molar-refractivity contribution in [3.63, 3.8) is 0 Å². The molecule has 0 unspecified atom stereocenters. The summed E-state index contributed by atoms with van der Waals surface area (Å²) in [4.78, 5) is 18.3. The molecule has 3 heterocycles. The fraction of sp³-hybridized carbons (Fsp3) is 0.261. The summed E-state index contributed by atoms with van der Waals surface area (Å²) in [5.41, 5.74) is 2.98. The third kappa shape index (κ3) is 3.62. The van der Waals surface area contributed by atoms with E-state index in [2.05, 4.69) is 17.1 Å². The number of ether oxygens (including phenoxy) is 1. The minimum atomic E-state index is -0.0761. The maximum absolute atomic E-state index is 13.2. The van der Waals surface area contributed by atoms with Crippen molar-refractivity contribution in [1.29, 1.82) is 5.26 Å². The predicted octanol–water partition coefficient (Wildman–Crippen LogP) is 4.73. The highest BCUT2D eigenvalue weighted by Gasteiger charge is 2.20. The Hall–Kier alpha value is -3.37. The Morgan fingerprint density at radius 1 is 1.27 bits per heavy atom. The molecule has 0 spiro atoms. The zero-order chi connectivity index (χ0) is 21.1. The normalized spacial score (nSPS) is 11.0. The number of pyridine rings is 1. The molecule has 0 aliphatic heterocycles. The number of thiophene rings is 1. The average molecular weight is 420 g/mol. The van der Waals surface area contributed by atoms with Crippen molar-refractivity contribution in [3.05, 3.63) is 70.0 Å². The molecule has 0 saturated carbocycles. The lowest BCUT2D eigenvalue weighted by molar-refractivity contribution is 0.409. The number of fused-ring (bicyclic) bond motifs is 1. The molecule has 0 N–H and O–H groups in total. The minimum absolute atomic E-state index is 0.0761. The Bertz CT molecular complexity index is 1280. The number of nitriles is 1. The van der Waals surface area contributed by atoms with Crippen LogP contribution in [-0.4, -0.2) is 16.7 Å². The number of benzene rings is 1. The van der Waals surface area contributed by atoms with Crippen molar-refractivity contribution in [1.82, 2.24) is 9.55 Å². The van der Waals surface area contributed by atoms with E-state index in [1.807, 2.05) is 31.3 Å². The molecule has 0 aliphatic carbocycles. The van der Waals surface area contributed by atoms with Crippen molar-refractivity contribution in [3.8, 4) is 22.6 Å². The quantitative estimate of drug-likeness (QED) is 0.432. The Morgan fingerprint density at radius 3 is 2.80 bits per heavy atom. The third-order valence-corrected chi connectivity index (χ3v) is 6.53. The second-order valence-electron chi connectivity index (χ2n) is 6.97. The molecule has 30 heavy (non-hydrogen) atoms. The van der Waals surface area contributed by atoms with Gasteiger partial charge in [-0.05, 0) is 42.5 Å². The average Bonchev–Trinajstić information content (AvgIpc) is 3.41. The first-order chi connectivity index (χ1) is 14.6. The predicted molar refractivity (Wildman–Crippen MR) is 117 cm³/mol. The van der Waals surface area contributed by atoms with Crippen LogP contribution in [0.25, 0.3) is 20.9 Å². The van der Waals surface area contributed by atoms with Crippen LogP contribution in [-0.2, 0) is 19.4 Å². The molecule has 0 amide bonds.